The van der Waals surface area contributed by atoms with Gasteiger partial charge >= 0.3 is 0 Å². The van der Waals surface area contributed by atoms with Crippen LogP contribution in [0.15, 0.2) is 12.2 Å². The van der Waals surface area contributed by atoms with Crippen molar-refractivity contribution >= 4 is 5.97 Å². The molecule has 0 aromatic carbocycles. The molecule has 0 aromatic rings. The van der Waals surface area contributed by atoms with Gasteiger partial charge in [0, 0.05) is 13.5 Å². The molecule has 0 rings (SSSR count). The molecule has 0 amide bonds. The summed E-state index contributed by atoms with van der Waals surface area (Å²) in [5.74, 6) is -0.833. The molecule has 3 nitrogen and oxygen atoms in total. The lowest BCUT2D eigenvalue weighted by Crippen LogP contribution is -1.78. The maximum atomic E-state index is 9.00. The van der Waals surface area contributed by atoms with Crippen LogP contribution in [-0.2, 0) is 4.79 Å². The van der Waals surface area contributed by atoms with Gasteiger partial charge in [-0.1, -0.05) is 19.1 Å². The van der Waals surface area contributed by atoms with E-state index in [4.69, 9.17) is 15.0 Å². The SMILES string of the molecule is CC(=O)O.CCC=CCCCO. The number of aliphatic hydroxyl groups is 1. The molecule has 0 radical (unpaired) electrons. The fourth-order valence-electron chi connectivity index (χ4n) is 0.494. The van der Waals surface area contributed by atoms with Gasteiger partial charge in [-0.25, -0.2) is 0 Å². The van der Waals surface area contributed by atoms with Crippen LogP contribution in [0.2, 0.25) is 0 Å². The van der Waals surface area contributed by atoms with Crippen molar-refractivity contribution in [1.82, 2.24) is 0 Å². The lowest BCUT2D eigenvalue weighted by atomic mass is 10.3. The molecular weight excluding hydrogens is 156 g/mol. The minimum absolute atomic E-state index is 0.314. The lowest BCUT2D eigenvalue weighted by molar-refractivity contribution is -0.134. The Morgan fingerprint density at radius 3 is 2.25 bits per heavy atom. The van der Waals surface area contributed by atoms with Crippen molar-refractivity contribution in [3.8, 4) is 0 Å². The Kier molecular flexibility index (Phi) is 14.7. The third-order valence-corrected chi connectivity index (χ3v) is 0.931. The first-order valence-corrected chi connectivity index (χ1v) is 4.10. The zero-order valence-electron chi connectivity index (χ0n) is 7.79. The van der Waals surface area contributed by atoms with E-state index in [0.29, 0.717) is 6.61 Å². The maximum Gasteiger partial charge on any atom is 0.300 e. The Morgan fingerprint density at radius 1 is 1.42 bits per heavy atom. The minimum atomic E-state index is -0.833. The van der Waals surface area contributed by atoms with E-state index in [0.717, 1.165) is 26.2 Å². The molecule has 0 aliphatic rings. The highest BCUT2D eigenvalue weighted by molar-refractivity contribution is 5.62. The van der Waals surface area contributed by atoms with Crippen molar-refractivity contribution in [2.45, 2.75) is 33.1 Å². The molecule has 0 aromatic heterocycles. The van der Waals surface area contributed by atoms with Crippen molar-refractivity contribution in [3.05, 3.63) is 12.2 Å². The predicted molar refractivity (Wildman–Crippen MR) is 49.1 cm³/mol. The van der Waals surface area contributed by atoms with Gasteiger partial charge in [0.2, 0.25) is 0 Å². The quantitative estimate of drug-likeness (QED) is 0.505. The molecule has 0 spiro atoms. The summed E-state index contributed by atoms with van der Waals surface area (Å²) in [6, 6.07) is 0. The number of carbonyl (C=O) groups is 1. The van der Waals surface area contributed by atoms with Crippen molar-refractivity contribution in [1.29, 1.82) is 0 Å². The number of aliphatic hydroxyl groups excluding tert-OH is 1. The molecule has 12 heavy (non-hydrogen) atoms. The van der Waals surface area contributed by atoms with Crippen LogP contribution in [0.1, 0.15) is 33.1 Å². The van der Waals surface area contributed by atoms with Gasteiger partial charge in [-0.05, 0) is 19.3 Å². The van der Waals surface area contributed by atoms with E-state index in [2.05, 4.69) is 19.1 Å². The number of rotatable bonds is 4. The number of carboxylic acid groups (broad SMARTS) is 1. The highest BCUT2D eigenvalue weighted by atomic mass is 16.4. The normalized spacial score (nSPS) is 9.25. The van der Waals surface area contributed by atoms with Crippen LogP contribution in [-0.4, -0.2) is 22.8 Å². The fourth-order valence-corrected chi connectivity index (χ4v) is 0.494. The number of unbranched alkanes of at least 4 members (excludes halogenated alkanes) is 1. The molecule has 0 saturated carbocycles. The smallest absolute Gasteiger partial charge is 0.300 e. The first-order valence-electron chi connectivity index (χ1n) is 4.10. The summed E-state index contributed by atoms with van der Waals surface area (Å²) in [6.07, 6.45) is 7.25. The topological polar surface area (TPSA) is 57.5 Å². The molecular formula is C9H18O3. The van der Waals surface area contributed by atoms with Crippen LogP contribution in [0.3, 0.4) is 0 Å². The van der Waals surface area contributed by atoms with Crippen LogP contribution >= 0.6 is 0 Å². The van der Waals surface area contributed by atoms with Gasteiger partial charge in [0.05, 0.1) is 0 Å². The summed E-state index contributed by atoms with van der Waals surface area (Å²) in [5, 5.41) is 15.7. The number of carboxylic acids is 1. The van der Waals surface area contributed by atoms with Gasteiger partial charge in [0.15, 0.2) is 0 Å². The second-order valence-electron chi connectivity index (χ2n) is 2.26. The third kappa shape index (κ3) is 35.2. The van der Waals surface area contributed by atoms with E-state index in [1.165, 1.54) is 0 Å². The molecule has 0 aliphatic carbocycles. The van der Waals surface area contributed by atoms with E-state index >= 15 is 0 Å². The van der Waals surface area contributed by atoms with Gasteiger partial charge in [-0.15, -0.1) is 0 Å². The standard InChI is InChI=1S/C7H14O.C2H4O2/c1-2-3-4-5-6-7-8;1-2(3)4/h3-4,8H,2,5-7H2,1H3;1H3,(H,3,4). The molecule has 3 heteroatoms. The summed E-state index contributed by atoms with van der Waals surface area (Å²) in [4.78, 5) is 9.00. The first-order chi connectivity index (χ1) is 5.65. The van der Waals surface area contributed by atoms with Crippen molar-refractivity contribution in [2.24, 2.45) is 0 Å². The highest BCUT2D eigenvalue weighted by Crippen LogP contribution is 1.89. The molecule has 0 atom stereocenters. The number of allylic oxidation sites excluding steroid dienone is 2. The lowest BCUT2D eigenvalue weighted by Gasteiger charge is -1.85. The largest absolute Gasteiger partial charge is 0.481 e. The Morgan fingerprint density at radius 2 is 1.92 bits per heavy atom. The van der Waals surface area contributed by atoms with Gasteiger partial charge in [-0.2, -0.15) is 0 Å². The van der Waals surface area contributed by atoms with E-state index in [1.54, 1.807) is 0 Å². The van der Waals surface area contributed by atoms with E-state index in [9.17, 15) is 0 Å². The van der Waals surface area contributed by atoms with E-state index < -0.39 is 5.97 Å². The van der Waals surface area contributed by atoms with Crippen molar-refractivity contribution in [2.75, 3.05) is 6.61 Å². The van der Waals surface area contributed by atoms with E-state index in [1.807, 2.05) is 0 Å². The summed E-state index contributed by atoms with van der Waals surface area (Å²) in [6.45, 7) is 3.50. The molecule has 72 valence electrons. The summed E-state index contributed by atoms with van der Waals surface area (Å²) in [7, 11) is 0. The van der Waals surface area contributed by atoms with Crippen LogP contribution < -0.4 is 0 Å². The van der Waals surface area contributed by atoms with Crippen LogP contribution in [0, 0.1) is 0 Å². The van der Waals surface area contributed by atoms with Crippen LogP contribution in [0.5, 0.6) is 0 Å². The second-order valence-corrected chi connectivity index (χ2v) is 2.26. The fraction of sp³-hybridized carbons (Fsp3) is 0.667. The van der Waals surface area contributed by atoms with Gasteiger partial charge in [0.1, 0.15) is 0 Å². The zero-order chi connectivity index (χ0) is 9.82. The number of hydrogen-bond donors (Lipinski definition) is 2. The number of hydrogen-bond acceptors (Lipinski definition) is 2. The monoisotopic (exact) mass is 174 g/mol. The maximum absolute atomic E-state index is 9.00. The average Bonchev–Trinajstić information content (AvgIpc) is 1.97. The van der Waals surface area contributed by atoms with Crippen LogP contribution in [0.4, 0.5) is 0 Å². The van der Waals surface area contributed by atoms with Crippen molar-refractivity contribution in [3.63, 3.8) is 0 Å². The predicted octanol–water partition coefficient (Wildman–Crippen LogP) is 1.82. The zero-order valence-corrected chi connectivity index (χ0v) is 7.79. The average molecular weight is 174 g/mol. The molecule has 0 heterocycles. The Balaban J connectivity index is 0. The van der Waals surface area contributed by atoms with Crippen LogP contribution in [0.25, 0.3) is 0 Å². The molecule has 0 unspecified atom stereocenters. The molecule has 2 N–H and O–H groups in total. The molecule has 0 saturated heterocycles. The summed E-state index contributed by atoms with van der Waals surface area (Å²) < 4.78 is 0. The minimum Gasteiger partial charge on any atom is -0.481 e. The van der Waals surface area contributed by atoms with Crippen molar-refractivity contribution < 1.29 is 15.0 Å². The highest BCUT2D eigenvalue weighted by Gasteiger charge is 1.75. The molecule has 0 fully saturated rings. The van der Waals surface area contributed by atoms with E-state index in [-0.39, 0.29) is 0 Å². The van der Waals surface area contributed by atoms with Gasteiger partial charge < -0.3 is 10.2 Å². The second kappa shape index (κ2) is 12.8. The Labute approximate surface area is 73.7 Å². The van der Waals surface area contributed by atoms with Gasteiger partial charge in [-0.3, -0.25) is 4.79 Å². The number of aliphatic carboxylic acids is 1. The summed E-state index contributed by atoms with van der Waals surface area (Å²) >= 11 is 0. The third-order valence-electron chi connectivity index (χ3n) is 0.931. The summed E-state index contributed by atoms with van der Waals surface area (Å²) in [5.41, 5.74) is 0. The molecule has 0 bridgehead atoms. The molecule has 0 aliphatic heterocycles. The first kappa shape index (κ1) is 13.7. The Bertz CT molecular complexity index is 115. The van der Waals surface area contributed by atoms with Gasteiger partial charge in [0.25, 0.3) is 5.97 Å². The Hall–Kier alpha value is -0.830.